The van der Waals surface area contributed by atoms with Crippen LogP contribution in [0, 0.1) is 17.0 Å². The molecule has 1 aromatic heterocycles. The number of hydrazone groups is 1. The third kappa shape index (κ3) is 3.54. The zero-order valence-corrected chi connectivity index (χ0v) is 18.0. The molecule has 170 valence electrons. The number of hydrogen-bond acceptors (Lipinski definition) is 7. The van der Waals surface area contributed by atoms with Gasteiger partial charge in [0, 0.05) is 18.6 Å². The van der Waals surface area contributed by atoms with Gasteiger partial charge in [-0.1, -0.05) is 29.8 Å². The van der Waals surface area contributed by atoms with Gasteiger partial charge in [-0.15, -0.1) is 0 Å². The largest absolute Gasteiger partial charge is 0.467 e. The summed E-state index contributed by atoms with van der Waals surface area (Å²) >= 11 is 0. The highest BCUT2D eigenvalue weighted by molar-refractivity contribution is 6.22. The Bertz CT molecular complexity index is 1360. The quantitative estimate of drug-likeness (QED) is 0.327. The van der Waals surface area contributed by atoms with Gasteiger partial charge in [0.1, 0.15) is 18.3 Å². The summed E-state index contributed by atoms with van der Waals surface area (Å²) in [5.41, 5.74) is 2.23. The average molecular weight is 458 g/mol. The lowest BCUT2D eigenvalue weighted by Gasteiger charge is -2.22. The monoisotopic (exact) mass is 458 g/mol. The highest BCUT2D eigenvalue weighted by Gasteiger charge is 2.41. The van der Waals surface area contributed by atoms with E-state index in [-0.39, 0.29) is 16.8 Å². The molecule has 0 aliphatic carbocycles. The number of non-ortho nitro benzene ring substituents is 1. The highest BCUT2D eigenvalue weighted by atomic mass is 16.6. The van der Waals surface area contributed by atoms with Gasteiger partial charge in [0.05, 0.1) is 28.0 Å². The molecular weight excluding hydrogens is 440 g/mol. The molecule has 0 radical (unpaired) electrons. The maximum absolute atomic E-state index is 13.3. The van der Waals surface area contributed by atoms with Gasteiger partial charge in [-0.25, -0.2) is 5.01 Å². The summed E-state index contributed by atoms with van der Waals surface area (Å²) in [6, 6.07) is 14.1. The van der Waals surface area contributed by atoms with Gasteiger partial charge in [0.15, 0.2) is 0 Å². The second-order valence-electron chi connectivity index (χ2n) is 8.07. The van der Waals surface area contributed by atoms with Crippen LogP contribution in [0.5, 0.6) is 0 Å². The topological polar surface area (TPSA) is 126 Å². The molecule has 3 amide bonds. The van der Waals surface area contributed by atoms with Crippen molar-refractivity contribution in [2.45, 2.75) is 19.4 Å². The standard InChI is InChI=1S/C24H18N4O6/c1-14-4-6-15(7-5-14)19-12-20(21-3-2-10-34-21)27(25-19)22(29)13-26-23(30)17-9-8-16(28(32)33)11-18(17)24(26)31/h2-11,20H,12-13H2,1H3/t20-/m0/s1. The number of benzene rings is 2. The number of nitro groups is 1. The van der Waals surface area contributed by atoms with E-state index in [4.69, 9.17) is 4.42 Å². The van der Waals surface area contributed by atoms with Crippen LogP contribution in [-0.2, 0) is 4.79 Å². The first-order chi connectivity index (χ1) is 16.3. The number of imide groups is 1. The number of nitrogens with zero attached hydrogens (tertiary/aromatic N) is 4. The van der Waals surface area contributed by atoms with Crippen LogP contribution in [0.1, 0.15) is 50.1 Å². The number of carbonyl (C=O) groups is 3. The van der Waals surface area contributed by atoms with E-state index in [9.17, 15) is 24.5 Å². The fourth-order valence-electron chi connectivity index (χ4n) is 4.11. The Labute approximate surface area is 193 Å². The average Bonchev–Trinajstić information content (AvgIpc) is 3.55. The smallest absolute Gasteiger partial charge is 0.270 e. The van der Waals surface area contributed by atoms with Gasteiger partial charge in [-0.3, -0.25) is 29.4 Å². The fourth-order valence-corrected chi connectivity index (χ4v) is 4.11. The molecule has 0 unspecified atom stereocenters. The molecule has 2 aliphatic rings. The molecule has 10 nitrogen and oxygen atoms in total. The van der Waals surface area contributed by atoms with E-state index in [1.807, 2.05) is 31.2 Å². The van der Waals surface area contributed by atoms with E-state index in [1.54, 1.807) is 12.1 Å². The van der Waals surface area contributed by atoms with Gasteiger partial charge < -0.3 is 4.42 Å². The van der Waals surface area contributed by atoms with Crippen LogP contribution in [0.4, 0.5) is 5.69 Å². The van der Waals surface area contributed by atoms with Crippen molar-refractivity contribution in [3.05, 3.63) is 99.0 Å². The first-order valence-electron chi connectivity index (χ1n) is 10.5. The van der Waals surface area contributed by atoms with Crippen molar-refractivity contribution in [1.82, 2.24) is 9.91 Å². The van der Waals surface area contributed by atoms with Gasteiger partial charge in [-0.05, 0) is 30.7 Å². The lowest BCUT2D eigenvalue weighted by Crippen LogP contribution is -2.41. The number of rotatable bonds is 5. The van der Waals surface area contributed by atoms with Crippen LogP contribution < -0.4 is 0 Å². The fraction of sp³-hybridized carbons (Fsp3) is 0.167. The Morgan fingerprint density at radius 2 is 1.85 bits per heavy atom. The van der Waals surface area contributed by atoms with Crippen LogP contribution in [0.15, 0.2) is 70.4 Å². The second-order valence-corrected chi connectivity index (χ2v) is 8.07. The van der Waals surface area contributed by atoms with Gasteiger partial charge in [-0.2, -0.15) is 5.10 Å². The number of amides is 3. The highest BCUT2D eigenvalue weighted by Crippen LogP contribution is 2.34. The molecule has 0 bridgehead atoms. The van der Waals surface area contributed by atoms with E-state index in [0.717, 1.165) is 28.2 Å². The predicted molar refractivity (Wildman–Crippen MR) is 119 cm³/mol. The molecule has 0 saturated heterocycles. The summed E-state index contributed by atoms with van der Waals surface area (Å²) in [6.07, 6.45) is 1.90. The summed E-state index contributed by atoms with van der Waals surface area (Å²) in [6.45, 7) is 1.42. The number of carbonyl (C=O) groups excluding carboxylic acids is 3. The van der Waals surface area contributed by atoms with Gasteiger partial charge in [0.2, 0.25) is 0 Å². The predicted octanol–water partition coefficient (Wildman–Crippen LogP) is 3.47. The minimum absolute atomic E-state index is 0.0243. The number of nitro benzene ring substituents is 1. The molecule has 2 aromatic carbocycles. The molecule has 1 atom stereocenters. The molecule has 3 heterocycles. The minimum atomic E-state index is -0.756. The molecule has 3 aromatic rings. The second kappa shape index (κ2) is 8.07. The molecule has 2 aliphatic heterocycles. The number of furan rings is 1. The maximum Gasteiger partial charge on any atom is 0.270 e. The van der Waals surface area contributed by atoms with Crippen molar-refractivity contribution < 1.29 is 23.7 Å². The van der Waals surface area contributed by atoms with Crippen LogP contribution in [0.2, 0.25) is 0 Å². The summed E-state index contributed by atoms with van der Waals surface area (Å²) in [5.74, 6) is -1.49. The van der Waals surface area contributed by atoms with Crippen LogP contribution in [-0.4, -0.2) is 44.8 Å². The van der Waals surface area contributed by atoms with Crippen molar-refractivity contribution >= 4 is 29.1 Å². The summed E-state index contributed by atoms with van der Waals surface area (Å²) < 4.78 is 5.52. The Kier molecular flexibility index (Phi) is 5.05. The van der Waals surface area contributed by atoms with Crippen LogP contribution >= 0.6 is 0 Å². The summed E-state index contributed by atoms with van der Waals surface area (Å²) in [7, 11) is 0. The summed E-state index contributed by atoms with van der Waals surface area (Å²) in [5, 5.41) is 16.8. The normalized spacial score (nSPS) is 17.2. The molecule has 5 rings (SSSR count). The third-order valence-corrected chi connectivity index (χ3v) is 5.88. The lowest BCUT2D eigenvalue weighted by atomic mass is 10.0. The van der Waals surface area contributed by atoms with E-state index < -0.39 is 35.2 Å². The van der Waals surface area contributed by atoms with Crippen LogP contribution in [0.25, 0.3) is 0 Å². The SMILES string of the molecule is Cc1ccc(C2=NN(C(=O)CN3C(=O)c4ccc([N+](=O)[O-])cc4C3=O)[C@H](c3ccco3)C2)cc1. The molecule has 0 fully saturated rings. The Morgan fingerprint density at radius 3 is 2.53 bits per heavy atom. The van der Waals surface area contributed by atoms with Crippen molar-refractivity contribution in [3.8, 4) is 0 Å². The van der Waals surface area contributed by atoms with Crippen molar-refractivity contribution in [3.63, 3.8) is 0 Å². The zero-order valence-electron chi connectivity index (χ0n) is 18.0. The molecule has 0 N–H and O–H groups in total. The number of hydrogen-bond donors (Lipinski definition) is 0. The Morgan fingerprint density at radius 1 is 1.12 bits per heavy atom. The maximum atomic E-state index is 13.3. The van der Waals surface area contributed by atoms with E-state index in [2.05, 4.69) is 5.10 Å². The van der Waals surface area contributed by atoms with Crippen molar-refractivity contribution in [1.29, 1.82) is 0 Å². The van der Waals surface area contributed by atoms with Crippen molar-refractivity contribution in [2.24, 2.45) is 5.10 Å². The Hall–Kier alpha value is -4.60. The number of aryl methyl sites for hydroxylation is 1. The number of fused-ring (bicyclic) bond motifs is 1. The lowest BCUT2D eigenvalue weighted by molar-refractivity contribution is -0.384. The zero-order chi connectivity index (χ0) is 24.0. The molecule has 34 heavy (non-hydrogen) atoms. The van der Waals surface area contributed by atoms with Gasteiger partial charge in [0.25, 0.3) is 23.4 Å². The first-order valence-corrected chi connectivity index (χ1v) is 10.5. The third-order valence-electron chi connectivity index (χ3n) is 5.88. The first kappa shape index (κ1) is 21.3. The van der Waals surface area contributed by atoms with Crippen molar-refractivity contribution in [2.75, 3.05) is 6.54 Å². The van der Waals surface area contributed by atoms with Gasteiger partial charge >= 0.3 is 0 Å². The minimum Gasteiger partial charge on any atom is -0.467 e. The molecule has 10 heteroatoms. The summed E-state index contributed by atoms with van der Waals surface area (Å²) in [4.78, 5) is 50.1. The van der Waals surface area contributed by atoms with Crippen LogP contribution in [0.3, 0.4) is 0 Å². The van der Waals surface area contributed by atoms with E-state index >= 15 is 0 Å². The molecule has 0 spiro atoms. The van der Waals surface area contributed by atoms with E-state index in [0.29, 0.717) is 17.9 Å². The molecular formula is C24H18N4O6. The Balaban J connectivity index is 1.42. The molecule has 0 saturated carbocycles. The van der Waals surface area contributed by atoms with E-state index in [1.165, 1.54) is 17.3 Å².